The largest absolute Gasteiger partial charge is 0.407 e. The first kappa shape index (κ1) is 50.8. The van der Waals surface area contributed by atoms with E-state index in [1.54, 1.807) is 0 Å². The third kappa shape index (κ3) is 8.25. The number of aryl methyl sites for hydroxylation is 2. The Balaban J connectivity index is 1.03. The van der Waals surface area contributed by atoms with E-state index >= 15 is 0 Å². The summed E-state index contributed by atoms with van der Waals surface area (Å²) in [5.74, 6) is 0. The third-order valence-electron chi connectivity index (χ3n) is 18.2. The summed E-state index contributed by atoms with van der Waals surface area (Å²) in [4.78, 5) is 0. The van der Waals surface area contributed by atoms with Crippen LogP contribution in [0.4, 0.5) is 0 Å². The van der Waals surface area contributed by atoms with Crippen molar-refractivity contribution in [1.29, 1.82) is 0 Å². The second-order valence-corrected chi connectivity index (χ2v) is 26.4. The maximum Gasteiger partial charge on any atom is 0.322 e. The van der Waals surface area contributed by atoms with Crippen LogP contribution in [0, 0.1) is 24.3 Å². The molecule has 5 nitrogen and oxygen atoms in total. The van der Waals surface area contributed by atoms with Crippen LogP contribution in [0.25, 0.3) is 165 Å². The number of rotatable bonds is 6. The van der Waals surface area contributed by atoms with Gasteiger partial charge in [0.15, 0.2) is 22.3 Å². The van der Waals surface area contributed by atoms with Crippen LogP contribution in [-0.4, -0.2) is 7.05 Å². The minimum atomic E-state index is -2.17. The Bertz CT molecular complexity index is 5460. The van der Waals surface area contributed by atoms with Crippen molar-refractivity contribution in [3.05, 3.63) is 277 Å². The normalized spacial score (nSPS) is 13.3. The van der Waals surface area contributed by atoms with Crippen LogP contribution < -0.4 is 4.44 Å². The number of hydrogen-bond donors (Lipinski definition) is 0. The molecule has 0 saturated carbocycles. The zero-order valence-electron chi connectivity index (χ0n) is 47.9. The Morgan fingerprint density at radius 1 is 0.352 bits per heavy atom. The van der Waals surface area contributed by atoms with Crippen LogP contribution in [0.2, 0.25) is 0 Å². The lowest BCUT2D eigenvalue weighted by atomic mass is 9.89. The number of benzene rings is 12. The monoisotopic (exact) mass is 1160 g/mol. The van der Waals surface area contributed by atoms with Crippen LogP contribution in [0.15, 0.2) is 247 Å². The zero-order chi connectivity index (χ0) is 58.0. The Morgan fingerprint density at radius 3 is 1.07 bits per heavy atom. The highest BCUT2D eigenvalue weighted by atomic mass is 31.2. The van der Waals surface area contributed by atoms with E-state index in [9.17, 15) is 0 Å². The average Bonchev–Trinajstić information content (AvgIpc) is 1.91. The van der Waals surface area contributed by atoms with Crippen LogP contribution >= 0.6 is 16.3 Å². The van der Waals surface area contributed by atoms with Crippen molar-refractivity contribution in [3.8, 4) is 44.5 Å². The van der Waals surface area contributed by atoms with E-state index in [1.165, 1.54) is 22.3 Å². The molecule has 0 amide bonds. The maximum atomic E-state index is 7.98. The van der Waals surface area contributed by atoms with Gasteiger partial charge in [0.05, 0.1) is 0 Å². The van der Waals surface area contributed by atoms with Gasteiger partial charge in [0, 0.05) is 61.6 Å². The summed E-state index contributed by atoms with van der Waals surface area (Å²) in [6, 6.07) is 92.0. The summed E-state index contributed by atoms with van der Waals surface area (Å²) in [7, 11) is -2.28. The number of hydrogen-bond acceptors (Lipinski definition) is 5. The van der Waals surface area contributed by atoms with E-state index in [4.69, 9.17) is 16.8 Å². The summed E-state index contributed by atoms with van der Waals surface area (Å²) < 4.78 is 34.0. The molecule has 16 aromatic rings. The Kier molecular flexibility index (Phi) is 11.7. The molecule has 2 heterocycles. The molecule has 2 aliphatic rings. The fourth-order valence-corrected chi connectivity index (χ4v) is 16.7. The predicted molar refractivity (Wildman–Crippen MR) is 369 cm³/mol. The summed E-state index contributed by atoms with van der Waals surface area (Å²) in [6.45, 7) is 0. The predicted octanol–water partition coefficient (Wildman–Crippen LogP) is 23.6. The van der Waals surface area contributed by atoms with Gasteiger partial charge in [-0.3, -0.25) is 0 Å². The van der Waals surface area contributed by atoms with Crippen molar-refractivity contribution < 1.29 is 16.8 Å². The maximum absolute atomic E-state index is 7.98. The van der Waals surface area contributed by atoms with Gasteiger partial charge in [0.2, 0.25) is 0 Å². The summed E-state index contributed by atoms with van der Waals surface area (Å²) in [5.41, 5.74) is 16.0. The highest BCUT2D eigenvalue weighted by Crippen LogP contribution is 2.55. The number of nitrogens with zero attached hydrogens (tertiary/aromatic N) is 1. The number of allylic oxidation sites excluding steroid dienone is 2. The van der Waals surface area contributed by atoms with Crippen molar-refractivity contribution in [2.75, 3.05) is 11.5 Å². The van der Waals surface area contributed by atoms with Crippen molar-refractivity contribution in [2.24, 2.45) is 0 Å². The molecule has 88 heavy (non-hydrogen) atoms. The minimum absolute atomic E-state index is 0.716. The molecule has 14 aromatic carbocycles. The lowest BCUT2D eigenvalue weighted by molar-refractivity contribution is 0.622. The van der Waals surface area contributed by atoms with Crippen LogP contribution in [0.3, 0.4) is 0 Å². The van der Waals surface area contributed by atoms with Gasteiger partial charge in [-0.15, -0.1) is 4.44 Å². The van der Waals surface area contributed by atoms with E-state index in [1.807, 2.05) is 12.1 Å². The van der Waals surface area contributed by atoms with E-state index in [-0.39, 0.29) is 0 Å². The summed E-state index contributed by atoms with van der Waals surface area (Å²) in [6.07, 6.45) is 13.2. The van der Waals surface area contributed by atoms with E-state index in [0.29, 0.717) is 11.2 Å². The van der Waals surface area contributed by atoms with Gasteiger partial charge < -0.3 is 16.8 Å². The highest BCUT2D eigenvalue weighted by molar-refractivity contribution is 7.58. The molecular weight excluding hydrogens is 1110 g/mol. The summed E-state index contributed by atoms with van der Waals surface area (Å²) >= 11 is 0. The Hall–Kier alpha value is -10.5. The molecule has 0 spiro atoms. The molecule has 2 aliphatic carbocycles. The van der Waals surface area contributed by atoms with E-state index in [0.717, 1.165) is 168 Å². The smallest absolute Gasteiger partial charge is 0.322 e. The lowest BCUT2D eigenvalue weighted by Gasteiger charge is -2.15. The molecule has 0 saturated heterocycles. The third-order valence-corrected chi connectivity index (χ3v) is 21.3. The molecule has 18 rings (SSSR count). The molecule has 2 aromatic heterocycles. The van der Waals surface area contributed by atoms with Crippen molar-refractivity contribution >= 4 is 137 Å². The van der Waals surface area contributed by atoms with E-state index < -0.39 is 16.3 Å². The Labute approximate surface area is 509 Å². The average molecular weight is 1160 g/mol. The first-order valence-electron chi connectivity index (χ1n) is 30.1. The molecule has 414 valence electrons. The van der Waals surface area contributed by atoms with Crippen LogP contribution in [-0.2, 0) is 12.8 Å². The number of fused-ring (bicyclic) bond motifs is 18. The van der Waals surface area contributed by atoms with Gasteiger partial charge in [-0.1, -0.05) is 182 Å². The first-order chi connectivity index (χ1) is 43.5. The second kappa shape index (κ2) is 20.3. The topological polar surface area (TPSA) is 55.8 Å². The molecule has 0 aliphatic heterocycles. The Morgan fingerprint density at radius 2 is 0.693 bits per heavy atom. The van der Waals surface area contributed by atoms with E-state index in [2.05, 4.69) is 266 Å². The standard InChI is InChI=1S/C81H51NO4P2/c1-82(87-83-78-70(62-38-34-50-18-2-6-22-54(50)42-62)46-58-26-10-14-30-66(58)74(78)75-67-31-15-11-27-59(67)47-71(79(75)84-87)63-39-35-51-19-3-7-23-55(51)43-63)88-85-80-72(64-40-36-52-20-4-8-24-56(52)44-64)48-60-28-12-16-32-68(60)76(80)77-69-33-17-13-29-61(69)49-73(81(77)86-88)65-41-37-53-21-5-9-25-57(53)45-65/h6-17,22-49H,2,4,18,20H2,1H3. The van der Waals surface area contributed by atoms with Crippen molar-refractivity contribution in [1.82, 2.24) is 0 Å². The fourth-order valence-electron chi connectivity index (χ4n) is 13.8. The molecule has 0 N–H and O–H groups in total. The molecule has 0 fully saturated rings. The highest BCUT2D eigenvalue weighted by Gasteiger charge is 2.28. The molecule has 0 bridgehead atoms. The van der Waals surface area contributed by atoms with Gasteiger partial charge >= 0.3 is 16.3 Å². The lowest BCUT2D eigenvalue weighted by Crippen LogP contribution is -1.99. The SMILES string of the molecule is CN(p1oc2c(-c3ccc4c(c3)C=CCC4)cc3ccccc3c2c2c(o1)c(-c1ccc3c#cccc3c1)cc1ccccc12)p1oc2c(-c3ccc4c(c3)C=CCC4)cc3ccccc3c2c2c(o1)c(-c1ccc3c#cccc3c1)cc1ccccc12. The van der Waals surface area contributed by atoms with Gasteiger partial charge in [0.1, 0.15) is 0 Å². The molecule has 7 heteroatoms. The van der Waals surface area contributed by atoms with Gasteiger partial charge in [-0.05, 0) is 209 Å². The minimum Gasteiger partial charge on any atom is -0.407 e. The molecule has 0 radical (unpaired) electrons. The molecular formula is C81H51NO4P2. The first-order valence-corrected chi connectivity index (χ1v) is 32.3. The van der Waals surface area contributed by atoms with Gasteiger partial charge in [-0.2, -0.15) is 0 Å². The zero-order valence-corrected chi connectivity index (χ0v) is 49.7. The van der Waals surface area contributed by atoms with Crippen molar-refractivity contribution in [2.45, 2.75) is 25.7 Å². The summed E-state index contributed by atoms with van der Waals surface area (Å²) in [5, 5.41) is 16.6. The second-order valence-electron chi connectivity index (χ2n) is 23.2. The van der Waals surface area contributed by atoms with Crippen LogP contribution in [0.5, 0.6) is 0 Å². The van der Waals surface area contributed by atoms with Gasteiger partial charge in [0.25, 0.3) is 0 Å². The van der Waals surface area contributed by atoms with Gasteiger partial charge in [-0.25, -0.2) is 0 Å². The fraction of sp³-hybridized carbons (Fsp3) is 0.0617. The molecule has 2 atom stereocenters. The quantitative estimate of drug-likeness (QED) is 0.166. The van der Waals surface area contributed by atoms with Crippen LogP contribution in [0.1, 0.15) is 35.1 Å². The van der Waals surface area contributed by atoms with Crippen molar-refractivity contribution in [3.63, 3.8) is 0 Å². The molecule has 2 unspecified atom stereocenters.